The first kappa shape index (κ1) is 11.7. The van der Waals surface area contributed by atoms with Gasteiger partial charge in [-0.15, -0.1) is 0 Å². The second-order valence-corrected chi connectivity index (χ2v) is 4.92. The molecule has 0 saturated heterocycles. The summed E-state index contributed by atoms with van der Waals surface area (Å²) in [6, 6.07) is 2.05. The molecule has 0 aliphatic heterocycles. The number of fused-ring (bicyclic) bond motifs is 1. The van der Waals surface area contributed by atoms with Crippen molar-refractivity contribution < 1.29 is 0 Å². The summed E-state index contributed by atoms with van der Waals surface area (Å²) < 4.78 is 3.46. The van der Waals surface area contributed by atoms with Crippen LogP contribution in [0.3, 0.4) is 0 Å². The number of rotatable bonds is 2. The van der Waals surface area contributed by atoms with Gasteiger partial charge >= 0.3 is 0 Å². The summed E-state index contributed by atoms with van der Waals surface area (Å²) in [7, 11) is 0. The Labute approximate surface area is 109 Å². The van der Waals surface area contributed by atoms with Crippen molar-refractivity contribution in [1.29, 1.82) is 0 Å². The van der Waals surface area contributed by atoms with Gasteiger partial charge in [-0.05, 0) is 26.8 Å². The minimum absolute atomic E-state index is 0.143. The molecule has 3 heterocycles. The molecule has 0 aliphatic rings. The van der Waals surface area contributed by atoms with Gasteiger partial charge in [-0.25, -0.2) is 4.52 Å². The molecule has 0 aromatic carbocycles. The van der Waals surface area contributed by atoms with E-state index in [1.165, 1.54) is 0 Å². The van der Waals surface area contributed by atoms with Crippen LogP contribution in [0.25, 0.3) is 16.8 Å². The van der Waals surface area contributed by atoms with Crippen LogP contribution >= 0.6 is 0 Å². The van der Waals surface area contributed by atoms with E-state index in [0.29, 0.717) is 11.2 Å². The lowest BCUT2D eigenvalue weighted by molar-refractivity contribution is 0.532. The molecule has 98 valence electrons. The quantitative estimate of drug-likeness (QED) is 0.760. The van der Waals surface area contributed by atoms with E-state index >= 15 is 0 Å². The summed E-state index contributed by atoms with van der Waals surface area (Å²) in [4.78, 5) is 14.8. The Hall–Kier alpha value is -2.37. The Morgan fingerprint density at radius 2 is 2.11 bits per heavy atom. The molecule has 3 rings (SSSR count). The average Bonchev–Trinajstić information content (AvgIpc) is 2.94. The second-order valence-electron chi connectivity index (χ2n) is 4.92. The average molecular weight is 257 g/mol. The molecule has 0 saturated carbocycles. The van der Waals surface area contributed by atoms with Gasteiger partial charge in [0.1, 0.15) is 5.52 Å². The lowest BCUT2D eigenvalue weighted by atomic mass is 10.2. The van der Waals surface area contributed by atoms with Crippen molar-refractivity contribution in [3.05, 3.63) is 40.7 Å². The van der Waals surface area contributed by atoms with Crippen LogP contribution in [0.4, 0.5) is 0 Å². The number of aryl methyl sites for hydroxylation is 1. The maximum Gasteiger partial charge on any atom is 0.274 e. The van der Waals surface area contributed by atoms with Crippen LogP contribution in [-0.4, -0.2) is 24.4 Å². The molecule has 6 nitrogen and oxygen atoms in total. The molecule has 0 unspecified atom stereocenters. The van der Waals surface area contributed by atoms with Crippen molar-refractivity contribution >= 4 is 5.52 Å². The Morgan fingerprint density at radius 1 is 1.32 bits per heavy atom. The van der Waals surface area contributed by atoms with Crippen molar-refractivity contribution in [3.63, 3.8) is 0 Å². The summed E-state index contributed by atoms with van der Waals surface area (Å²) in [6.07, 6.45) is 5.47. The molecule has 0 fully saturated rings. The molecular weight excluding hydrogens is 242 g/mol. The number of aromatic amines is 1. The topological polar surface area (TPSA) is 68.0 Å². The first-order valence-electron chi connectivity index (χ1n) is 6.18. The number of nitrogens with one attached hydrogen (secondary N) is 1. The molecule has 0 amide bonds. The Morgan fingerprint density at radius 3 is 2.79 bits per heavy atom. The Bertz CT molecular complexity index is 793. The third-order valence-corrected chi connectivity index (χ3v) is 3.03. The van der Waals surface area contributed by atoms with Crippen molar-refractivity contribution in [2.24, 2.45) is 0 Å². The van der Waals surface area contributed by atoms with Gasteiger partial charge in [-0.3, -0.25) is 9.48 Å². The van der Waals surface area contributed by atoms with Crippen molar-refractivity contribution in [2.75, 3.05) is 0 Å². The summed E-state index contributed by atoms with van der Waals surface area (Å²) in [5, 5.41) is 8.54. The molecule has 0 atom stereocenters. The van der Waals surface area contributed by atoms with Crippen LogP contribution in [0.15, 0.2) is 29.5 Å². The molecule has 0 aliphatic carbocycles. The van der Waals surface area contributed by atoms with Gasteiger partial charge in [0.15, 0.2) is 0 Å². The molecule has 19 heavy (non-hydrogen) atoms. The zero-order chi connectivity index (χ0) is 13.6. The van der Waals surface area contributed by atoms with Gasteiger partial charge in [0.25, 0.3) is 5.56 Å². The van der Waals surface area contributed by atoms with Crippen LogP contribution in [-0.2, 0) is 0 Å². The van der Waals surface area contributed by atoms with E-state index in [1.54, 1.807) is 16.8 Å². The van der Waals surface area contributed by atoms with Crippen LogP contribution in [0.1, 0.15) is 25.6 Å². The van der Waals surface area contributed by atoms with E-state index in [9.17, 15) is 4.79 Å². The standard InChI is InChI=1S/C13H15N5O/c1-8(2)17-6-10(5-14-17)11-7-18-12(13(19)15-11)4-9(3)16-18/h4-8H,1-3H3,(H,15,19). The first-order valence-corrected chi connectivity index (χ1v) is 6.18. The number of hydrogen-bond donors (Lipinski definition) is 1. The summed E-state index contributed by atoms with van der Waals surface area (Å²) in [5.41, 5.74) is 2.82. The van der Waals surface area contributed by atoms with E-state index in [-0.39, 0.29) is 11.6 Å². The lowest BCUT2D eigenvalue weighted by Gasteiger charge is -2.03. The van der Waals surface area contributed by atoms with Crippen molar-refractivity contribution in [2.45, 2.75) is 26.8 Å². The van der Waals surface area contributed by atoms with Gasteiger partial charge in [-0.1, -0.05) is 0 Å². The van der Waals surface area contributed by atoms with Gasteiger partial charge in [0.05, 0.1) is 23.8 Å². The highest BCUT2D eigenvalue weighted by Crippen LogP contribution is 2.17. The molecule has 6 heteroatoms. The maximum absolute atomic E-state index is 12.0. The van der Waals surface area contributed by atoms with Gasteiger partial charge in [0, 0.05) is 17.8 Å². The third kappa shape index (κ3) is 1.95. The molecule has 3 aromatic heterocycles. The predicted octanol–water partition coefficient (Wildman–Crippen LogP) is 1.78. The van der Waals surface area contributed by atoms with Gasteiger partial charge in [0.2, 0.25) is 0 Å². The predicted molar refractivity (Wildman–Crippen MR) is 72.2 cm³/mol. The number of H-pyrrole nitrogens is 1. The highest BCUT2D eigenvalue weighted by atomic mass is 16.1. The zero-order valence-electron chi connectivity index (χ0n) is 11.1. The number of hydrogen-bond acceptors (Lipinski definition) is 3. The van der Waals surface area contributed by atoms with Crippen molar-refractivity contribution in [3.8, 4) is 11.3 Å². The monoisotopic (exact) mass is 257 g/mol. The minimum atomic E-state index is -0.143. The van der Waals surface area contributed by atoms with Gasteiger partial charge in [-0.2, -0.15) is 10.2 Å². The maximum atomic E-state index is 12.0. The molecular formula is C13H15N5O. The number of nitrogens with zero attached hydrogens (tertiary/aromatic N) is 4. The van der Waals surface area contributed by atoms with E-state index < -0.39 is 0 Å². The number of aromatic nitrogens is 5. The van der Waals surface area contributed by atoms with E-state index in [2.05, 4.69) is 29.0 Å². The zero-order valence-corrected chi connectivity index (χ0v) is 11.1. The fourth-order valence-electron chi connectivity index (χ4n) is 2.03. The van der Waals surface area contributed by atoms with E-state index in [1.807, 2.05) is 24.0 Å². The molecule has 0 bridgehead atoms. The molecule has 0 spiro atoms. The Kier molecular flexibility index (Phi) is 2.51. The van der Waals surface area contributed by atoms with Crippen molar-refractivity contribution in [1.82, 2.24) is 24.4 Å². The molecule has 0 radical (unpaired) electrons. The fraction of sp³-hybridized carbons (Fsp3) is 0.308. The first-order chi connectivity index (χ1) is 9.04. The fourth-order valence-corrected chi connectivity index (χ4v) is 2.03. The van der Waals surface area contributed by atoms with Crippen LogP contribution in [0, 0.1) is 6.92 Å². The summed E-state index contributed by atoms with van der Waals surface area (Å²) >= 11 is 0. The molecule has 3 aromatic rings. The minimum Gasteiger partial charge on any atom is -0.319 e. The SMILES string of the molecule is Cc1cc2c(=O)[nH]c(-c3cnn(C(C)C)c3)cn2n1. The Balaban J connectivity index is 2.16. The second kappa shape index (κ2) is 4.08. The van der Waals surface area contributed by atoms with Crippen LogP contribution < -0.4 is 5.56 Å². The summed E-state index contributed by atoms with van der Waals surface area (Å²) in [6.45, 7) is 5.97. The van der Waals surface area contributed by atoms with E-state index in [0.717, 1.165) is 11.3 Å². The molecule has 1 N–H and O–H groups in total. The normalized spacial score (nSPS) is 11.6. The smallest absolute Gasteiger partial charge is 0.274 e. The largest absolute Gasteiger partial charge is 0.319 e. The highest BCUT2D eigenvalue weighted by molar-refractivity contribution is 5.58. The third-order valence-electron chi connectivity index (χ3n) is 3.03. The van der Waals surface area contributed by atoms with E-state index in [4.69, 9.17) is 0 Å². The van der Waals surface area contributed by atoms with Crippen LogP contribution in [0.2, 0.25) is 0 Å². The summed E-state index contributed by atoms with van der Waals surface area (Å²) in [5.74, 6) is 0. The highest BCUT2D eigenvalue weighted by Gasteiger charge is 2.09. The van der Waals surface area contributed by atoms with Gasteiger partial charge < -0.3 is 4.98 Å². The lowest BCUT2D eigenvalue weighted by Crippen LogP contribution is -2.10. The van der Waals surface area contributed by atoms with Crippen LogP contribution in [0.5, 0.6) is 0 Å².